The van der Waals surface area contributed by atoms with Gasteiger partial charge in [-0.3, -0.25) is 4.98 Å². The maximum absolute atomic E-state index is 12.4. The smallest absolute Gasteiger partial charge is 0.339 e. The number of rotatable bonds is 5. The van der Waals surface area contributed by atoms with Crippen molar-refractivity contribution < 1.29 is 19.0 Å². The van der Waals surface area contributed by atoms with Crippen LogP contribution in [0.15, 0.2) is 54.6 Å². The zero-order valence-electron chi connectivity index (χ0n) is 16.1. The fourth-order valence-corrected chi connectivity index (χ4v) is 3.44. The number of carbonyl (C=O) groups is 1. The first kappa shape index (κ1) is 19.4. The van der Waals surface area contributed by atoms with Crippen LogP contribution in [0.4, 0.5) is 0 Å². The van der Waals surface area contributed by atoms with Crippen LogP contribution in [0.2, 0.25) is 5.02 Å². The van der Waals surface area contributed by atoms with E-state index >= 15 is 0 Å². The molecule has 0 aliphatic carbocycles. The van der Waals surface area contributed by atoms with Crippen LogP contribution in [0.3, 0.4) is 0 Å². The first-order chi connectivity index (χ1) is 14.1. The molecule has 0 N–H and O–H groups in total. The van der Waals surface area contributed by atoms with Crippen LogP contribution in [-0.2, 0) is 16.1 Å². The van der Waals surface area contributed by atoms with Gasteiger partial charge in [0.25, 0.3) is 0 Å². The molecule has 1 aliphatic rings. The summed E-state index contributed by atoms with van der Waals surface area (Å²) in [6, 6.07) is 16.9. The number of aryl methyl sites for hydroxylation is 1. The minimum atomic E-state index is -0.708. The van der Waals surface area contributed by atoms with E-state index in [0.29, 0.717) is 39.9 Å². The third-order valence-electron chi connectivity index (χ3n) is 4.67. The number of carbonyl (C=O) groups excluding carboxylic acids is 1. The molecule has 1 unspecified atom stereocenters. The van der Waals surface area contributed by atoms with Gasteiger partial charge >= 0.3 is 5.97 Å². The fraction of sp³-hybridized carbons (Fsp3) is 0.217. The lowest BCUT2D eigenvalue weighted by Crippen LogP contribution is -2.20. The van der Waals surface area contributed by atoms with Crippen molar-refractivity contribution in [2.75, 3.05) is 6.61 Å². The Kier molecular flexibility index (Phi) is 5.51. The summed E-state index contributed by atoms with van der Waals surface area (Å²) >= 11 is 6.19. The van der Waals surface area contributed by atoms with Crippen molar-refractivity contribution in [2.24, 2.45) is 0 Å². The van der Waals surface area contributed by atoms with Crippen LogP contribution >= 0.6 is 11.6 Å². The van der Waals surface area contributed by atoms with Crippen LogP contribution in [0.1, 0.15) is 40.4 Å². The topological polar surface area (TPSA) is 57.7 Å². The predicted octanol–water partition coefficient (Wildman–Crippen LogP) is 5.49. The van der Waals surface area contributed by atoms with E-state index in [0.717, 1.165) is 11.1 Å². The molecule has 0 spiro atoms. The normalized spacial score (nSPS) is 14.5. The second kappa shape index (κ2) is 8.23. The van der Waals surface area contributed by atoms with Gasteiger partial charge in [0.1, 0.15) is 5.75 Å². The molecule has 0 bridgehead atoms. The Labute approximate surface area is 174 Å². The summed E-state index contributed by atoms with van der Waals surface area (Å²) in [6.07, 6.45) is -0.708. The zero-order chi connectivity index (χ0) is 20.4. The lowest BCUT2D eigenvalue weighted by atomic mass is 9.98. The number of benzene rings is 2. The Hall–Kier alpha value is -2.89. The summed E-state index contributed by atoms with van der Waals surface area (Å²) in [5, 5.41) is 0.580. The molecule has 5 nitrogen and oxygen atoms in total. The molecule has 0 saturated carbocycles. The third-order valence-corrected chi connectivity index (χ3v) is 4.90. The fourth-order valence-electron chi connectivity index (χ4n) is 3.27. The molecule has 148 valence electrons. The SMILES string of the molecule is CCOC(=O)c1cc2c(nc1C)-c1cc(Cl)ccc1OC2OCc1ccccc1. The minimum absolute atomic E-state index is 0.290. The standard InChI is InChI=1S/C23H20ClNO4/c1-3-27-22(26)17-12-19-21(25-14(17)2)18-11-16(24)9-10-20(18)29-23(19)28-13-15-7-5-4-6-8-15/h4-12,23H,3,13H2,1-2H3. The second-order valence-electron chi connectivity index (χ2n) is 6.67. The molecule has 29 heavy (non-hydrogen) atoms. The van der Waals surface area contributed by atoms with Gasteiger partial charge in [0.2, 0.25) is 6.29 Å². The van der Waals surface area contributed by atoms with E-state index in [4.69, 9.17) is 25.8 Å². The summed E-state index contributed by atoms with van der Waals surface area (Å²) in [5.74, 6) is 0.217. The maximum Gasteiger partial charge on any atom is 0.339 e. The Bertz CT molecular complexity index is 1050. The van der Waals surface area contributed by atoms with Gasteiger partial charge in [-0.2, -0.15) is 0 Å². The second-order valence-corrected chi connectivity index (χ2v) is 7.10. The number of hydrogen-bond acceptors (Lipinski definition) is 5. The van der Waals surface area contributed by atoms with E-state index in [1.807, 2.05) is 30.3 Å². The number of fused-ring (bicyclic) bond motifs is 3. The van der Waals surface area contributed by atoms with E-state index in [1.54, 1.807) is 38.1 Å². The van der Waals surface area contributed by atoms with Gasteiger partial charge in [-0.25, -0.2) is 4.79 Å². The zero-order valence-corrected chi connectivity index (χ0v) is 16.9. The third kappa shape index (κ3) is 3.97. The monoisotopic (exact) mass is 409 g/mol. The van der Waals surface area contributed by atoms with Gasteiger partial charge in [-0.1, -0.05) is 41.9 Å². The van der Waals surface area contributed by atoms with Gasteiger partial charge in [-0.15, -0.1) is 0 Å². The molecule has 6 heteroatoms. The van der Waals surface area contributed by atoms with Crippen molar-refractivity contribution in [3.8, 4) is 17.0 Å². The van der Waals surface area contributed by atoms with Crippen LogP contribution in [-0.4, -0.2) is 17.6 Å². The summed E-state index contributed by atoms with van der Waals surface area (Å²) < 4.78 is 17.3. The van der Waals surface area contributed by atoms with Crippen molar-refractivity contribution in [3.05, 3.63) is 82.0 Å². The van der Waals surface area contributed by atoms with Crippen LogP contribution in [0.5, 0.6) is 5.75 Å². The summed E-state index contributed by atoms with van der Waals surface area (Å²) in [7, 11) is 0. The van der Waals surface area contributed by atoms with E-state index < -0.39 is 12.3 Å². The highest BCUT2D eigenvalue weighted by atomic mass is 35.5. The summed E-state index contributed by atoms with van der Waals surface area (Å²) in [6.45, 7) is 4.20. The molecule has 0 saturated heterocycles. The molecular weight excluding hydrogens is 390 g/mol. The quantitative estimate of drug-likeness (QED) is 0.521. The predicted molar refractivity (Wildman–Crippen MR) is 110 cm³/mol. The van der Waals surface area contributed by atoms with Crippen molar-refractivity contribution in [3.63, 3.8) is 0 Å². The van der Waals surface area contributed by atoms with Gasteiger partial charge in [0.15, 0.2) is 0 Å². The molecule has 3 aromatic rings. The molecule has 0 fully saturated rings. The van der Waals surface area contributed by atoms with E-state index in [9.17, 15) is 4.79 Å². The van der Waals surface area contributed by atoms with Crippen molar-refractivity contribution in [2.45, 2.75) is 26.7 Å². The van der Waals surface area contributed by atoms with Gasteiger partial charge in [0, 0.05) is 16.1 Å². The van der Waals surface area contributed by atoms with Gasteiger partial charge in [-0.05, 0) is 43.7 Å². The van der Waals surface area contributed by atoms with Gasteiger partial charge < -0.3 is 14.2 Å². The van der Waals surface area contributed by atoms with Gasteiger partial charge in [0.05, 0.1) is 30.2 Å². The van der Waals surface area contributed by atoms with Crippen molar-refractivity contribution in [1.29, 1.82) is 0 Å². The highest BCUT2D eigenvalue weighted by Gasteiger charge is 2.30. The summed E-state index contributed by atoms with van der Waals surface area (Å²) in [4.78, 5) is 17.1. The highest BCUT2D eigenvalue weighted by Crippen LogP contribution is 2.43. The number of ether oxygens (including phenoxy) is 3. The van der Waals surface area contributed by atoms with Crippen LogP contribution in [0, 0.1) is 6.92 Å². The molecule has 2 heterocycles. The van der Waals surface area contributed by atoms with Crippen LogP contribution in [0.25, 0.3) is 11.3 Å². The number of aromatic nitrogens is 1. The number of pyridine rings is 1. The average Bonchev–Trinajstić information content (AvgIpc) is 2.73. The first-order valence-corrected chi connectivity index (χ1v) is 9.75. The van der Waals surface area contributed by atoms with E-state index in [-0.39, 0.29) is 6.61 Å². The molecule has 1 aromatic heterocycles. The Morgan fingerprint density at radius 3 is 2.72 bits per heavy atom. The average molecular weight is 410 g/mol. The highest BCUT2D eigenvalue weighted by molar-refractivity contribution is 6.31. The lowest BCUT2D eigenvalue weighted by Gasteiger charge is -2.29. The lowest BCUT2D eigenvalue weighted by molar-refractivity contribution is -0.0945. The molecule has 2 aromatic carbocycles. The largest absolute Gasteiger partial charge is 0.462 e. The van der Waals surface area contributed by atoms with E-state index in [1.165, 1.54) is 0 Å². The van der Waals surface area contributed by atoms with E-state index in [2.05, 4.69) is 4.98 Å². The molecule has 1 atom stereocenters. The minimum Gasteiger partial charge on any atom is -0.462 e. The first-order valence-electron chi connectivity index (χ1n) is 9.37. The van der Waals surface area contributed by atoms with Crippen molar-refractivity contribution >= 4 is 17.6 Å². The number of hydrogen-bond donors (Lipinski definition) is 0. The number of halogens is 1. The molecular formula is C23H20ClNO4. The molecule has 1 aliphatic heterocycles. The Balaban J connectivity index is 1.76. The molecule has 4 rings (SSSR count). The Morgan fingerprint density at radius 1 is 1.17 bits per heavy atom. The molecule has 0 amide bonds. The number of esters is 1. The Morgan fingerprint density at radius 2 is 1.97 bits per heavy atom. The van der Waals surface area contributed by atoms with Crippen molar-refractivity contribution in [1.82, 2.24) is 4.98 Å². The number of nitrogens with zero attached hydrogens (tertiary/aromatic N) is 1. The maximum atomic E-state index is 12.4. The summed E-state index contributed by atoms with van der Waals surface area (Å²) in [5.41, 5.74) is 4.13. The molecule has 0 radical (unpaired) electrons. The van der Waals surface area contributed by atoms with Crippen LogP contribution < -0.4 is 4.74 Å².